The monoisotopic (exact) mass is 474 g/mol. The normalized spacial score (nSPS) is 13.1. The number of carbonyl (C=O) groups is 3. The van der Waals surface area contributed by atoms with Gasteiger partial charge in [0.15, 0.2) is 0 Å². The number of carbonyl (C=O) groups excluding carboxylic acids is 3. The topological polar surface area (TPSA) is 100 Å². The van der Waals surface area contributed by atoms with Crippen molar-refractivity contribution in [3.8, 4) is 5.75 Å². The number of halogens is 1. The average molecular weight is 474 g/mol. The van der Waals surface area contributed by atoms with E-state index >= 15 is 0 Å². The Morgan fingerprint density at radius 2 is 1.66 bits per heavy atom. The second-order valence-corrected chi connectivity index (χ2v) is 7.81. The van der Waals surface area contributed by atoms with Gasteiger partial charge in [-0.25, -0.2) is 9.40 Å². The van der Waals surface area contributed by atoms with E-state index in [1.807, 2.05) is 0 Å². The third kappa shape index (κ3) is 5.89. The summed E-state index contributed by atoms with van der Waals surface area (Å²) in [4.78, 5) is 37.5. The van der Waals surface area contributed by atoms with Gasteiger partial charge >= 0.3 is 0 Å². The summed E-state index contributed by atoms with van der Waals surface area (Å²) in [5.74, 6) is -0.793. The predicted octanol–water partition coefficient (Wildman–Crippen LogP) is 4.20. The van der Waals surface area contributed by atoms with E-state index in [2.05, 4.69) is 15.7 Å². The third-order valence-corrected chi connectivity index (χ3v) is 5.37. The molecule has 1 aliphatic rings. The summed E-state index contributed by atoms with van der Waals surface area (Å²) in [5, 5.41) is 11.0. The molecule has 3 aromatic rings. The second kappa shape index (κ2) is 10.6. The van der Waals surface area contributed by atoms with E-state index in [1.54, 1.807) is 60.7 Å². The molecule has 0 fully saturated rings. The summed E-state index contributed by atoms with van der Waals surface area (Å²) in [6.07, 6.45) is 0.361. The quantitative estimate of drug-likeness (QED) is 0.536. The van der Waals surface area contributed by atoms with Crippen molar-refractivity contribution in [3.05, 3.63) is 89.7 Å². The Kier molecular flexibility index (Phi) is 7.15. The van der Waals surface area contributed by atoms with Crippen LogP contribution in [-0.4, -0.2) is 35.6 Å². The molecule has 0 saturated heterocycles. The zero-order chi connectivity index (χ0) is 24.8. The van der Waals surface area contributed by atoms with E-state index in [1.165, 1.54) is 24.3 Å². The minimum absolute atomic E-state index is 0.145. The predicted molar refractivity (Wildman–Crippen MR) is 130 cm³/mol. The van der Waals surface area contributed by atoms with Gasteiger partial charge < -0.3 is 15.4 Å². The molecule has 2 N–H and O–H groups in total. The highest BCUT2D eigenvalue weighted by Crippen LogP contribution is 2.24. The first-order valence-corrected chi connectivity index (χ1v) is 10.9. The van der Waals surface area contributed by atoms with Crippen molar-refractivity contribution in [2.45, 2.75) is 19.4 Å². The summed E-state index contributed by atoms with van der Waals surface area (Å²) >= 11 is 0. The van der Waals surface area contributed by atoms with Gasteiger partial charge in [-0.15, -0.1) is 0 Å². The molecule has 0 saturated carbocycles. The lowest BCUT2D eigenvalue weighted by atomic mass is 10.1. The van der Waals surface area contributed by atoms with Crippen molar-refractivity contribution >= 4 is 34.8 Å². The van der Waals surface area contributed by atoms with Crippen molar-refractivity contribution in [2.24, 2.45) is 5.10 Å². The maximum Gasteiger partial charge on any atom is 0.271 e. The van der Waals surface area contributed by atoms with Gasteiger partial charge in [0.2, 0.25) is 5.91 Å². The Bertz CT molecular complexity index is 1270. The molecule has 35 heavy (non-hydrogen) atoms. The maximum atomic E-state index is 13.1. The second-order valence-electron chi connectivity index (χ2n) is 7.81. The van der Waals surface area contributed by atoms with Gasteiger partial charge in [-0.05, 0) is 54.1 Å². The fourth-order valence-electron chi connectivity index (χ4n) is 3.50. The number of hydrazone groups is 1. The van der Waals surface area contributed by atoms with E-state index < -0.39 is 5.91 Å². The summed E-state index contributed by atoms with van der Waals surface area (Å²) in [6.45, 7) is 0.145. The number of methoxy groups -OCH3 is 1. The molecule has 4 rings (SSSR count). The van der Waals surface area contributed by atoms with E-state index in [9.17, 15) is 18.8 Å². The molecule has 1 heterocycles. The van der Waals surface area contributed by atoms with Gasteiger partial charge in [-0.3, -0.25) is 14.4 Å². The summed E-state index contributed by atoms with van der Waals surface area (Å²) < 4.78 is 18.4. The lowest BCUT2D eigenvalue weighted by Crippen LogP contribution is -2.36. The number of hydrogen-bond acceptors (Lipinski definition) is 5. The van der Waals surface area contributed by atoms with Crippen molar-refractivity contribution in [1.29, 1.82) is 0 Å². The van der Waals surface area contributed by atoms with Crippen molar-refractivity contribution < 1.29 is 23.5 Å². The van der Waals surface area contributed by atoms with Crippen LogP contribution in [-0.2, 0) is 16.1 Å². The van der Waals surface area contributed by atoms with E-state index in [4.69, 9.17) is 4.74 Å². The van der Waals surface area contributed by atoms with Gasteiger partial charge in [0.25, 0.3) is 11.8 Å². The summed E-state index contributed by atoms with van der Waals surface area (Å²) in [5.41, 5.74) is 2.35. The number of nitrogens with zero attached hydrogens (tertiary/aromatic N) is 2. The van der Waals surface area contributed by atoms with Gasteiger partial charge in [-0.1, -0.05) is 24.3 Å². The van der Waals surface area contributed by atoms with Crippen LogP contribution < -0.4 is 15.4 Å². The molecule has 8 nitrogen and oxygen atoms in total. The van der Waals surface area contributed by atoms with Crippen LogP contribution in [0.25, 0.3) is 0 Å². The number of benzene rings is 3. The molecule has 0 atom stereocenters. The van der Waals surface area contributed by atoms with Crippen LogP contribution in [0.1, 0.15) is 28.8 Å². The highest BCUT2D eigenvalue weighted by molar-refractivity contribution is 6.43. The largest absolute Gasteiger partial charge is 0.495 e. The number of anilines is 2. The molecular weight excluding hydrogens is 451 g/mol. The Balaban J connectivity index is 1.39. The highest BCUT2D eigenvalue weighted by atomic mass is 19.1. The smallest absolute Gasteiger partial charge is 0.271 e. The van der Waals surface area contributed by atoms with Gasteiger partial charge in [0.1, 0.15) is 17.3 Å². The van der Waals surface area contributed by atoms with Crippen LogP contribution >= 0.6 is 0 Å². The number of hydrogen-bond donors (Lipinski definition) is 2. The number of nitrogens with one attached hydrogen (secondary N) is 2. The number of amides is 3. The molecule has 0 bridgehead atoms. The van der Waals surface area contributed by atoms with Crippen LogP contribution in [0.3, 0.4) is 0 Å². The molecule has 9 heteroatoms. The van der Waals surface area contributed by atoms with Crippen molar-refractivity contribution in [2.75, 3.05) is 17.7 Å². The standard InChI is InChI=1S/C26H23FN4O4/c1-35-23-5-3-2-4-21(23)29-25(33)18-8-12-20(13-9-18)28-26(34)22-14-15-24(32)31(30-22)16-17-6-10-19(27)11-7-17/h2-13H,14-16H2,1H3,(H,28,34)(H,29,33). The first-order chi connectivity index (χ1) is 16.9. The van der Waals surface area contributed by atoms with E-state index in [-0.39, 0.29) is 42.7 Å². The maximum absolute atomic E-state index is 13.1. The molecule has 1 aliphatic heterocycles. The van der Waals surface area contributed by atoms with Gasteiger partial charge in [0.05, 0.1) is 19.3 Å². The minimum atomic E-state index is -0.437. The molecule has 178 valence electrons. The lowest BCUT2D eigenvalue weighted by molar-refractivity contribution is -0.132. The van der Waals surface area contributed by atoms with E-state index in [0.29, 0.717) is 28.3 Å². The molecule has 0 unspecified atom stereocenters. The fraction of sp³-hybridized carbons (Fsp3) is 0.154. The Labute approximate surface area is 201 Å². The van der Waals surface area contributed by atoms with Crippen LogP contribution in [0.2, 0.25) is 0 Å². The Morgan fingerprint density at radius 3 is 2.37 bits per heavy atom. The SMILES string of the molecule is COc1ccccc1NC(=O)c1ccc(NC(=O)C2=NN(Cc3ccc(F)cc3)C(=O)CC2)cc1. The first-order valence-electron chi connectivity index (χ1n) is 10.9. The van der Waals surface area contributed by atoms with Crippen LogP contribution in [0.5, 0.6) is 5.75 Å². The molecule has 3 amide bonds. The number of para-hydroxylation sites is 2. The summed E-state index contributed by atoms with van der Waals surface area (Å²) in [6, 6.07) is 19.2. The number of ether oxygens (including phenoxy) is 1. The van der Waals surface area contributed by atoms with Gasteiger partial charge in [0, 0.05) is 24.1 Å². The van der Waals surface area contributed by atoms with Crippen LogP contribution in [0.15, 0.2) is 77.9 Å². The van der Waals surface area contributed by atoms with Crippen LogP contribution in [0.4, 0.5) is 15.8 Å². The minimum Gasteiger partial charge on any atom is -0.495 e. The average Bonchev–Trinajstić information content (AvgIpc) is 2.87. The first kappa shape index (κ1) is 23.6. The fourth-order valence-corrected chi connectivity index (χ4v) is 3.50. The zero-order valence-corrected chi connectivity index (χ0v) is 19.0. The molecule has 0 aromatic heterocycles. The number of rotatable bonds is 7. The molecule has 0 aliphatic carbocycles. The molecule has 0 radical (unpaired) electrons. The van der Waals surface area contributed by atoms with Crippen LogP contribution in [0, 0.1) is 5.82 Å². The van der Waals surface area contributed by atoms with Crippen molar-refractivity contribution in [3.63, 3.8) is 0 Å². The summed E-state index contributed by atoms with van der Waals surface area (Å²) in [7, 11) is 1.52. The zero-order valence-electron chi connectivity index (χ0n) is 19.0. The highest BCUT2D eigenvalue weighted by Gasteiger charge is 2.24. The van der Waals surface area contributed by atoms with Crippen molar-refractivity contribution in [1.82, 2.24) is 5.01 Å². The Morgan fingerprint density at radius 1 is 0.943 bits per heavy atom. The lowest BCUT2D eigenvalue weighted by Gasteiger charge is -2.23. The Hall–Kier alpha value is -4.53. The molecule has 3 aromatic carbocycles. The van der Waals surface area contributed by atoms with Gasteiger partial charge in [-0.2, -0.15) is 5.10 Å². The molecule has 0 spiro atoms. The molecular formula is C26H23FN4O4. The third-order valence-electron chi connectivity index (χ3n) is 5.37. The van der Waals surface area contributed by atoms with E-state index in [0.717, 1.165) is 0 Å².